The molecule has 1 aromatic rings. The van der Waals surface area contributed by atoms with E-state index in [0.717, 1.165) is 29.5 Å². The number of hydrogen-bond acceptors (Lipinski definition) is 2. The van der Waals surface area contributed by atoms with E-state index in [1.54, 1.807) is 0 Å². The van der Waals surface area contributed by atoms with Crippen LogP contribution in [-0.4, -0.2) is 46.3 Å². The van der Waals surface area contributed by atoms with Gasteiger partial charge < -0.3 is 0 Å². The van der Waals surface area contributed by atoms with Crippen LogP contribution in [0.15, 0.2) is 18.2 Å². The zero-order valence-electron chi connectivity index (χ0n) is 16.5. The summed E-state index contributed by atoms with van der Waals surface area (Å²) in [5, 5.41) is 0. The van der Waals surface area contributed by atoms with Crippen LogP contribution in [0.2, 0.25) is 13.1 Å². The molecule has 1 aliphatic heterocycles. The lowest BCUT2D eigenvalue weighted by Gasteiger charge is -2.33. The maximum atomic E-state index is 12.9. The van der Waals surface area contributed by atoms with Crippen LogP contribution >= 0.6 is 0 Å². The molecule has 2 fully saturated rings. The van der Waals surface area contributed by atoms with E-state index in [0.29, 0.717) is 17.1 Å². The highest BCUT2D eigenvalue weighted by Gasteiger charge is 2.60. The molecule has 1 saturated carbocycles. The normalized spacial score (nSPS) is 30.8. The van der Waals surface area contributed by atoms with Crippen LogP contribution < -0.4 is 4.72 Å². The first-order valence-electron chi connectivity index (χ1n) is 9.98. The third-order valence-electron chi connectivity index (χ3n) is 6.42. The molecule has 4 nitrogen and oxygen atoms in total. The van der Waals surface area contributed by atoms with E-state index in [4.69, 9.17) is 0 Å². The summed E-state index contributed by atoms with van der Waals surface area (Å²) in [6, 6.07) is 6.15. The number of benzene rings is 1. The minimum atomic E-state index is -4.56. The molecule has 0 aromatic heterocycles. The minimum absolute atomic E-state index is 0.00163. The summed E-state index contributed by atoms with van der Waals surface area (Å²) in [6.07, 6.45) is -1.56. The molecule has 4 rings (SSSR count). The molecule has 1 heterocycles. The molecule has 1 N–H and O–H groups in total. The highest BCUT2D eigenvalue weighted by molar-refractivity contribution is 7.87. The summed E-state index contributed by atoms with van der Waals surface area (Å²) in [4.78, 5) is 0. The van der Waals surface area contributed by atoms with Gasteiger partial charge in [-0.05, 0) is 60.8 Å². The first-order valence-corrected chi connectivity index (χ1v) is 14.3. The highest BCUT2D eigenvalue weighted by atomic mass is 32.2. The number of nitrogens with one attached hydrogen (secondary N) is 1. The van der Waals surface area contributed by atoms with E-state index in [2.05, 4.69) is 41.4 Å². The summed E-state index contributed by atoms with van der Waals surface area (Å²) in [5.41, 5.74) is 5.75. The lowest BCUT2D eigenvalue weighted by atomic mass is 9.79. The van der Waals surface area contributed by atoms with Crippen LogP contribution in [0, 0.1) is 23.3 Å². The Kier molecular flexibility index (Phi) is 5.13. The first kappa shape index (κ1) is 20.9. The smallest absolute Gasteiger partial charge is 0.195 e. The standard InChI is InChI=1S/C20H25F3N2O2SSi/c1-29(2)8-7-14-3-4-15-10-17-5-6-18(11-16(15)9-14)19(17)12-25(13-20(21,22)23)28(26,27)24-19/h3-4,9,17-18,24,29H,5-6,10-13H2,1-2H3/t17-,18+,19+/m0/s1. The Hall–Kier alpha value is -1.34. The van der Waals surface area contributed by atoms with E-state index in [1.807, 2.05) is 6.07 Å². The minimum Gasteiger partial charge on any atom is -0.195 e. The van der Waals surface area contributed by atoms with Crippen molar-refractivity contribution in [3.63, 3.8) is 0 Å². The molecule has 3 aliphatic rings. The highest BCUT2D eigenvalue weighted by Crippen LogP contribution is 2.50. The summed E-state index contributed by atoms with van der Waals surface area (Å²) >= 11 is 0. The van der Waals surface area contributed by atoms with Crippen LogP contribution in [0.1, 0.15) is 29.5 Å². The van der Waals surface area contributed by atoms with Gasteiger partial charge in [0, 0.05) is 12.1 Å². The third-order valence-corrected chi connectivity index (χ3v) is 8.71. The van der Waals surface area contributed by atoms with Gasteiger partial charge in [-0.3, -0.25) is 0 Å². The number of rotatable bonds is 1. The van der Waals surface area contributed by atoms with Gasteiger partial charge in [-0.1, -0.05) is 25.1 Å². The molecule has 1 saturated heterocycles. The Balaban J connectivity index is 1.65. The molecule has 9 heteroatoms. The van der Waals surface area contributed by atoms with Gasteiger partial charge in [0.05, 0.1) is 5.54 Å². The molecule has 29 heavy (non-hydrogen) atoms. The lowest BCUT2D eigenvalue weighted by molar-refractivity contribution is -0.136. The topological polar surface area (TPSA) is 49.4 Å². The average Bonchev–Trinajstić information content (AvgIpc) is 2.97. The van der Waals surface area contributed by atoms with Crippen molar-refractivity contribution >= 4 is 19.0 Å². The molecule has 0 radical (unpaired) electrons. The van der Waals surface area contributed by atoms with Gasteiger partial charge in [-0.2, -0.15) is 30.6 Å². The van der Waals surface area contributed by atoms with Gasteiger partial charge in [-0.25, -0.2) is 0 Å². The van der Waals surface area contributed by atoms with E-state index >= 15 is 0 Å². The van der Waals surface area contributed by atoms with E-state index in [-0.39, 0.29) is 18.4 Å². The van der Waals surface area contributed by atoms with Gasteiger partial charge in [0.25, 0.3) is 10.2 Å². The predicted molar refractivity (Wildman–Crippen MR) is 108 cm³/mol. The molecule has 2 bridgehead atoms. The molecule has 3 atom stereocenters. The van der Waals surface area contributed by atoms with Crippen LogP contribution in [0.3, 0.4) is 0 Å². The number of alkyl halides is 3. The average molecular weight is 443 g/mol. The van der Waals surface area contributed by atoms with Gasteiger partial charge in [0.1, 0.15) is 15.3 Å². The molecule has 1 aromatic carbocycles. The lowest BCUT2D eigenvalue weighted by Crippen LogP contribution is -2.52. The largest absolute Gasteiger partial charge is 0.402 e. The second-order valence-electron chi connectivity index (χ2n) is 8.82. The van der Waals surface area contributed by atoms with E-state index < -0.39 is 37.3 Å². The number of halogens is 3. The number of fused-ring (bicyclic) bond motifs is 1. The molecule has 2 aliphatic carbocycles. The second-order valence-corrected chi connectivity index (χ2v) is 13.1. The third kappa shape index (κ3) is 4.00. The van der Waals surface area contributed by atoms with Crippen LogP contribution in [0.25, 0.3) is 0 Å². The maximum Gasteiger partial charge on any atom is 0.402 e. The van der Waals surface area contributed by atoms with Crippen molar-refractivity contribution in [2.45, 2.75) is 50.5 Å². The van der Waals surface area contributed by atoms with E-state index in [9.17, 15) is 21.6 Å². The van der Waals surface area contributed by atoms with Crippen molar-refractivity contribution in [2.24, 2.45) is 11.8 Å². The zero-order valence-corrected chi connectivity index (χ0v) is 18.5. The van der Waals surface area contributed by atoms with Crippen LogP contribution in [0.5, 0.6) is 0 Å². The monoisotopic (exact) mass is 442 g/mol. The quantitative estimate of drug-likeness (QED) is 0.537. The maximum absolute atomic E-state index is 12.9. The molecular formula is C20H25F3N2O2SSi. The zero-order chi connectivity index (χ0) is 21.0. The second kappa shape index (κ2) is 7.12. The van der Waals surface area contributed by atoms with Crippen LogP contribution in [0.4, 0.5) is 13.2 Å². The van der Waals surface area contributed by atoms with Crippen LogP contribution in [-0.2, 0) is 23.1 Å². The number of hydrogen-bond donors (Lipinski definition) is 1. The Labute approximate surface area is 171 Å². The molecule has 0 unspecified atom stereocenters. The Morgan fingerprint density at radius 1 is 1.21 bits per heavy atom. The molecule has 0 amide bonds. The Morgan fingerprint density at radius 3 is 2.48 bits per heavy atom. The Bertz CT molecular complexity index is 984. The fraction of sp³-hybridized carbons (Fsp3) is 0.600. The van der Waals surface area contributed by atoms with Gasteiger partial charge >= 0.3 is 6.18 Å². The van der Waals surface area contributed by atoms with E-state index in [1.165, 1.54) is 0 Å². The van der Waals surface area contributed by atoms with Gasteiger partial charge in [0.2, 0.25) is 0 Å². The van der Waals surface area contributed by atoms with Gasteiger partial charge in [-0.15, -0.1) is 5.54 Å². The van der Waals surface area contributed by atoms with Crippen molar-refractivity contribution < 1.29 is 21.6 Å². The molecule has 158 valence electrons. The first-order chi connectivity index (χ1) is 13.5. The molecule has 1 spiro atoms. The predicted octanol–water partition coefficient (Wildman–Crippen LogP) is 2.64. The van der Waals surface area contributed by atoms with Crippen molar-refractivity contribution in [3.05, 3.63) is 34.9 Å². The summed E-state index contributed by atoms with van der Waals surface area (Å²) in [6.45, 7) is 2.79. The van der Waals surface area contributed by atoms with Crippen molar-refractivity contribution in [1.82, 2.24) is 9.03 Å². The van der Waals surface area contributed by atoms with Crippen molar-refractivity contribution in [3.8, 4) is 11.5 Å². The fourth-order valence-electron chi connectivity index (χ4n) is 5.15. The van der Waals surface area contributed by atoms with Crippen molar-refractivity contribution in [1.29, 1.82) is 0 Å². The molecular weight excluding hydrogens is 417 g/mol. The number of nitrogens with zero attached hydrogens (tertiary/aromatic N) is 1. The fourth-order valence-corrected chi connectivity index (χ4v) is 7.31. The summed E-state index contributed by atoms with van der Waals surface area (Å²) in [5.74, 6) is 3.22. The summed E-state index contributed by atoms with van der Waals surface area (Å²) < 4.78 is 67.1. The van der Waals surface area contributed by atoms with Crippen molar-refractivity contribution in [2.75, 3.05) is 13.1 Å². The Morgan fingerprint density at radius 2 is 1.86 bits per heavy atom. The van der Waals surface area contributed by atoms with Gasteiger partial charge in [0.15, 0.2) is 0 Å². The SMILES string of the molecule is C[SiH](C)C#Cc1ccc2c(c1)C[C@H]1CC[C@@H](C2)[C@]12CN(CC(F)(F)F)S(=O)(=O)N2. The summed E-state index contributed by atoms with van der Waals surface area (Å²) in [7, 11) is -5.13.